The summed E-state index contributed by atoms with van der Waals surface area (Å²) < 4.78 is 45.5. The third-order valence-electron chi connectivity index (χ3n) is 3.87. The van der Waals surface area contributed by atoms with E-state index in [9.17, 15) is 13.2 Å². The molecule has 0 saturated carbocycles. The van der Waals surface area contributed by atoms with Crippen LogP contribution in [0.25, 0.3) is 0 Å². The number of alkyl halides is 3. The molecule has 1 aromatic rings. The third kappa shape index (κ3) is 4.29. The Hall–Kier alpha value is -0.940. The van der Waals surface area contributed by atoms with Gasteiger partial charge in [0, 0.05) is 12.5 Å². The predicted molar refractivity (Wildman–Crippen MR) is 81.3 cm³/mol. The van der Waals surface area contributed by atoms with Crippen LogP contribution in [0.5, 0.6) is 5.75 Å². The molecule has 1 heterocycles. The predicted octanol–water partition coefficient (Wildman–Crippen LogP) is 4.76. The van der Waals surface area contributed by atoms with Crippen molar-refractivity contribution in [3.05, 3.63) is 28.8 Å². The van der Waals surface area contributed by atoms with Crippen LogP contribution in [0.1, 0.15) is 32.3 Å². The summed E-state index contributed by atoms with van der Waals surface area (Å²) in [7, 11) is 0. The summed E-state index contributed by atoms with van der Waals surface area (Å²) in [6.07, 6.45) is -3.13. The Balaban J connectivity index is 2.27. The Bertz CT molecular complexity index is 499. The number of rotatable bonds is 5. The van der Waals surface area contributed by atoms with Crippen molar-refractivity contribution in [3.8, 4) is 5.75 Å². The Morgan fingerprint density at radius 1 is 1.36 bits per heavy atom. The van der Waals surface area contributed by atoms with E-state index in [1.807, 2.05) is 13.8 Å². The molecule has 0 amide bonds. The normalized spacial score (nSPS) is 20.4. The van der Waals surface area contributed by atoms with Gasteiger partial charge in [0.05, 0.1) is 5.02 Å². The molecule has 124 valence electrons. The fourth-order valence-electron chi connectivity index (χ4n) is 2.84. The van der Waals surface area contributed by atoms with Crippen molar-refractivity contribution in [2.45, 2.75) is 39.0 Å². The van der Waals surface area contributed by atoms with Crippen molar-refractivity contribution in [1.29, 1.82) is 0 Å². The lowest BCUT2D eigenvalue weighted by Crippen LogP contribution is -2.31. The van der Waals surface area contributed by atoms with Crippen molar-refractivity contribution in [3.63, 3.8) is 0 Å². The van der Waals surface area contributed by atoms with E-state index in [4.69, 9.17) is 16.3 Å². The van der Waals surface area contributed by atoms with E-state index in [2.05, 4.69) is 5.32 Å². The van der Waals surface area contributed by atoms with Gasteiger partial charge in [-0.15, -0.1) is 0 Å². The van der Waals surface area contributed by atoms with Gasteiger partial charge < -0.3 is 10.1 Å². The second-order valence-electron chi connectivity index (χ2n) is 6.15. The topological polar surface area (TPSA) is 21.3 Å². The largest absolute Gasteiger partial charge is 0.489 e. The molecular weight excluding hydrogens is 315 g/mol. The van der Waals surface area contributed by atoms with Crippen LogP contribution in [0, 0.1) is 11.8 Å². The maximum Gasteiger partial charge on any atom is 0.421 e. The van der Waals surface area contributed by atoms with Crippen LogP contribution in [0.4, 0.5) is 13.2 Å². The molecule has 0 bridgehead atoms. The molecule has 22 heavy (non-hydrogen) atoms. The Morgan fingerprint density at radius 2 is 2.09 bits per heavy atom. The van der Waals surface area contributed by atoms with E-state index in [1.165, 1.54) is 18.2 Å². The van der Waals surface area contributed by atoms with E-state index < -0.39 is 11.7 Å². The molecule has 2 atom stereocenters. The van der Waals surface area contributed by atoms with Gasteiger partial charge >= 0.3 is 6.18 Å². The van der Waals surface area contributed by atoms with Crippen molar-refractivity contribution in [2.24, 2.45) is 11.8 Å². The average Bonchev–Trinajstić information content (AvgIpc) is 2.89. The van der Waals surface area contributed by atoms with Crippen LogP contribution in [-0.4, -0.2) is 19.2 Å². The molecule has 1 aromatic carbocycles. The minimum absolute atomic E-state index is 0.169. The highest BCUT2D eigenvalue weighted by molar-refractivity contribution is 6.31. The fraction of sp³-hybridized carbons (Fsp3) is 0.625. The van der Waals surface area contributed by atoms with Gasteiger partial charge in [-0.2, -0.15) is 13.2 Å². The van der Waals surface area contributed by atoms with Gasteiger partial charge in [-0.3, -0.25) is 0 Å². The molecule has 1 fully saturated rings. The molecular formula is C16H21ClF3NO. The summed E-state index contributed by atoms with van der Waals surface area (Å²) in [6.45, 7) is 5.74. The number of benzene rings is 1. The van der Waals surface area contributed by atoms with Crippen LogP contribution < -0.4 is 10.1 Å². The molecule has 1 aliphatic heterocycles. The first-order chi connectivity index (χ1) is 10.3. The first-order valence-corrected chi connectivity index (χ1v) is 7.90. The van der Waals surface area contributed by atoms with Gasteiger partial charge in [-0.25, -0.2) is 0 Å². The smallest absolute Gasteiger partial charge is 0.421 e. The zero-order valence-electron chi connectivity index (χ0n) is 12.7. The van der Waals surface area contributed by atoms with Crippen LogP contribution in [-0.2, 0) is 6.18 Å². The molecule has 0 spiro atoms. The molecule has 0 radical (unpaired) electrons. The maximum absolute atomic E-state index is 13.2. The Morgan fingerprint density at radius 3 is 2.64 bits per heavy atom. The van der Waals surface area contributed by atoms with Gasteiger partial charge in [0.2, 0.25) is 0 Å². The first kappa shape index (κ1) is 17.4. The van der Waals surface area contributed by atoms with E-state index in [-0.39, 0.29) is 22.8 Å². The summed E-state index contributed by atoms with van der Waals surface area (Å²) in [5.41, 5.74) is -0.878. The highest BCUT2D eigenvalue weighted by Crippen LogP contribution is 2.42. The number of halogens is 4. The summed E-state index contributed by atoms with van der Waals surface area (Å²) in [4.78, 5) is 0. The highest BCUT2D eigenvalue weighted by atomic mass is 35.5. The lowest BCUT2D eigenvalue weighted by atomic mass is 9.93. The molecule has 6 heteroatoms. The minimum atomic E-state index is -4.52. The highest BCUT2D eigenvalue weighted by Gasteiger charge is 2.38. The zero-order chi connectivity index (χ0) is 16.3. The Labute approximate surface area is 134 Å². The number of hydrogen-bond donors (Lipinski definition) is 1. The zero-order valence-corrected chi connectivity index (χ0v) is 13.5. The summed E-state index contributed by atoms with van der Waals surface area (Å²) in [5, 5.41) is 2.92. The minimum Gasteiger partial charge on any atom is -0.489 e. The maximum atomic E-state index is 13.2. The second-order valence-corrected chi connectivity index (χ2v) is 6.56. The van der Waals surface area contributed by atoms with Gasteiger partial charge in [0.1, 0.15) is 17.4 Å². The first-order valence-electron chi connectivity index (χ1n) is 7.52. The van der Waals surface area contributed by atoms with E-state index in [0.717, 1.165) is 25.9 Å². The second kappa shape index (κ2) is 7.09. The van der Waals surface area contributed by atoms with Gasteiger partial charge in [0.15, 0.2) is 0 Å². The van der Waals surface area contributed by atoms with Crippen LogP contribution in [0.2, 0.25) is 5.02 Å². The summed E-state index contributed by atoms with van der Waals surface area (Å²) >= 11 is 5.75. The molecule has 2 rings (SSSR count). The van der Waals surface area contributed by atoms with E-state index >= 15 is 0 Å². The molecule has 0 aromatic heterocycles. The van der Waals surface area contributed by atoms with Crippen molar-refractivity contribution >= 4 is 11.6 Å². The molecule has 0 aliphatic carbocycles. The van der Waals surface area contributed by atoms with Crippen molar-refractivity contribution in [2.75, 3.05) is 13.1 Å². The SMILES string of the molecule is CC(C)C[C@H](Oc1cccc(Cl)c1C(F)(F)F)[C@H]1CCNC1. The molecule has 1 saturated heterocycles. The van der Waals surface area contributed by atoms with Gasteiger partial charge in [0.25, 0.3) is 0 Å². The lowest BCUT2D eigenvalue weighted by molar-refractivity contribution is -0.139. The third-order valence-corrected chi connectivity index (χ3v) is 4.18. The standard InChI is InChI=1S/C16H21ClF3NO/c1-10(2)8-14(11-6-7-21-9-11)22-13-5-3-4-12(17)15(13)16(18,19)20/h3-5,10-11,14,21H,6-9H2,1-2H3/t11-,14-/m0/s1. The lowest BCUT2D eigenvalue weighted by Gasteiger charge is -2.27. The van der Waals surface area contributed by atoms with Crippen molar-refractivity contribution in [1.82, 2.24) is 5.32 Å². The number of hydrogen-bond acceptors (Lipinski definition) is 2. The van der Waals surface area contributed by atoms with Crippen LogP contribution in [0.3, 0.4) is 0 Å². The van der Waals surface area contributed by atoms with Crippen molar-refractivity contribution < 1.29 is 17.9 Å². The van der Waals surface area contributed by atoms with Gasteiger partial charge in [-0.05, 0) is 37.4 Å². The van der Waals surface area contributed by atoms with E-state index in [1.54, 1.807) is 0 Å². The molecule has 0 unspecified atom stereocenters. The molecule has 1 aliphatic rings. The summed E-state index contributed by atoms with van der Waals surface area (Å²) in [5.74, 6) is 0.402. The fourth-order valence-corrected chi connectivity index (χ4v) is 3.11. The van der Waals surface area contributed by atoms with Crippen LogP contribution >= 0.6 is 11.6 Å². The number of ether oxygens (including phenoxy) is 1. The number of nitrogens with one attached hydrogen (secondary N) is 1. The molecule has 1 N–H and O–H groups in total. The van der Waals surface area contributed by atoms with Crippen LogP contribution in [0.15, 0.2) is 18.2 Å². The summed E-state index contributed by atoms with van der Waals surface area (Å²) in [6, 6.07) is 4.09. The quantitative estimate of drug-likeness (QED) is 0.837. The Kier molecular flexibility index (Phi) is 5.61. The average molecular weight is 336 g/mol. The molecule has 2 nitrogen and oxygen atoms in total. The monoisotopic (exact) mass is 335 g/mol. The van der Waals surface area contributed by atoms with E-state index in [0.29, 0.717) is 5.92 Å². The van der Waals surface area contributed by atoms with Gasteiger partial charge in [-0.1, -0.05) is 31.5 Å².